The normalized spacial score (nSPS) is 13.7. The lowest BCUT2D eigenvalue weighted by Crippen LogP contribution is -2.36. The molecule has 0 unspecified atom stereocenters. The molecule has 0 aliphatic carbocycles. The second-order valence-electron chi connectivity index (χ2n) is 7.75. The number of nitrogens with one attached hydrogen (secondary N) is 1. The average molecular weight is 438 g/mol. The summed E-state index contributed by atoms with van der Waals surface area (Å²) in [4.78, 5) is 38.7. The van der Waals surface area contributed by atoms with Crippen molar-refractivity contribution >= 4 is 17.3 Å². The number of carbonyl (C=O) groups is 2. The summed E-state index contributed by atoms with van der Waals surface area (Å²) in [5, 5.41) is 11.5. The second kappa shape index (κ2) is 9.21. The number of hydrogen-bond acceptors (Lipinski definition) is 6. The van der Waals surface area contributed by atoms with Gasteiger partial charge in [0.1, 0.15) is 23.6 Å². The number of ether oxygens (including phenoxy) is 1. The van der Waals surface area contributed by atoms with Crippen LogP contribution < -0.4 is 15.6 Å². The van der Waals surface area contributed by atoms with Gasteiger partial charge in [-0.05, 0) is 50.1 Å². The van der Waals surface area contributed by atoms with E-state index in [0.29, 0.717) is 43.0 Å². The molecule has 1 saturated heterocycles. The molecule has 10 nitrogen and oxygen atoms in total. The van der Waals surface area contributed by atoms with Crippen LogP contribution in [-0.2, 0) is 16.1 Å². The molecule has 2 amide bonds. The summed E-state index contributed by atoms with van der Waals surface area (Å²) in [6.45, 7) is 3.41. The Morgan fingerprint density at radius 1 is 1.19 bits per heavy atom. The van der Waals surface area contributed by atoms with E-state index in [4.69, 9.17) is 4.74 Å². The summed E-state index contributed by atoms with van der Waals surface area (Å²) in [5.74, 6) is 1.10. The fourth-order valence-electron chi connectivity index (χ4n) is 3.81. The molecular weight excluding hydrogens is 412 g/mol. The van der Waals surface area contributed by atoms with Crippen molar-refractivity contribution in [3.63, 3.8) is 0 Å². The zero-order chi connectivity index (χ0) is 22.7. The predicted octanol–water partition coefficient (Wildman–Crippen LogP) is 1.00. The maximum absolute atomic E-state index is 12.9. The molecule has 0 bridgehead atoms. The fraction of sp³-hybridized carbons (Fsp3) is 0.409. The van der Waals surface area contributed by atoms with Crippen molar-refractivity contribution in [2.24, 2.45) is 0 Å². The van der Waals surface area contributed by atoms with Crippen LogP contribution in [0.5, 0.6) is 5.75 Å². The summed E-state index contributed by atoms with van der Waals surface area (Å²) < 4.78 is 7.82. The molecule has 0 saturated carbocycles. The van der Waals surface area contributed by atoms with E-state index in [2.05, 4.69) is 15.5 Å². The van der Waals surface area contributed by atoms with E-state index in [1.165, 1.54) is 4.52 Å². The van der Waals surface area contributed by atoms with Crippen LogP contribution in [0.3, 0.4) is 0 Å². The quantitative estimate of drug-likeness (QED) is 0.526. The Morgan fingerprint density at radius 2 is 1.97 bits per heavy atom. The molecule has 168 valence electrons. The van der Waals surface area contributed by atoms with Crippen LogP contribution in [0.1, 0.15) is 25.1 Å². The SMILES string of the molecule is COc1ccc(-c2cc3c(=O)n(CC(=O)NCCCN4CCCC4=O)nc(C)n3n2)cc1. The monoisotopic (exact) mass is 438 g/mol. The van der Waals surface area contributed by atoms with E-state index in [0.717, 1.165) is 29.0 Å². The maximum atomic E-state index is 12.9. The van der Waals surface area contributed by atoms with Crippen LogP contribution in [0.25, 0.3) is 16.8 Å². The molecule has 1 aromatic carbocycles. The van der Waals surface area contributed by atoms with Gasteiger partial charge in [0.15, 0.2) is 0 Å². The lowest BCUT2D eigenvalue weighted by molar-refractivity contribution is -0.127. The fourth-order valence-corrected chi connectivity index (χ4v) is 3.81. The largest absolute Gasteiger partial charge is 0.497 e. The highest BCUT2D eigenvalue weighted by Crippen LogP contribution is 2.22. The molecule has 1 aliphatic heterocycles. The van der Waals surface area contributed by atoms with Crippen LogP contribution >= 0.6 is 0 Å². The van der Waals surface area contributed by atoms with Gasteiger partial charge in [-0.2, -0.15) is 10.2 Å². The molecule has 0 spiro atoms. The molecule has 32 heavy (non-hydrogen) atoms. The Bertz CT molecular complexity index is 1200. The van der Waals surface area contributed by atoms with E-state index < -0.39 is 0 Å². The number of hydrogen-bond donors (Lipinski definition) is 1. The Morgan fingerprint density at radius 3 is 2.66 bits per heavy atom. The minimum Gasteiger partial charge on any atom is -0.497 e. The van der Waals surface area contributed by atoms with E-state index in [-0.39, 0.29) is 23.9 Å². The first kappa shape index (κ1) is 21.5. The van der Waals surface area contributed by atoms with E-state index in [1.807, 2.05) is 29.2 Å². The summed E-state index contributed by atoms with van der Waals surface area (Å²) >= 11 is 0. The van der Waals surface area contributed by atoms with Crippen LogP contribution in [0.4, 0.5) is 0 Å². The average Bonchev–Trinajstić information content (AvgIpc) is 3.42. The van der Waals surface area contributed by atoms with Gasteiger partial charge in [0.2, 0.25) is 11.8 Å². The van der Waals surface area contributed by atoms with Gasteiger partial charge in [-0.15, -0.1) is 0 Å². The summed E-state index contributed by atoms with van der Waals surface area (Å²) in [6, 6.07) is 9.08. The van der Waals surface area contributed by atoms with Gasteiger partial charge in [-0.25, -0.2) is 9.20 Å². The smallest absolute Gasteiger partial charge is 0.293 e. The van der Waals surface area contributed by atoms with Crippen molar-refractivity contribution in [3.8, 4) is 17.0 Å². The van der Waals surface area contributed by atoms with Crippen molar-refractivity contribution in [2.75, 3.05) is 26.7 Å². The zero-order valence-corrected chi connectivity index (χ0v) is 18.2. The molecule has 1 aliphatic rings. The summed E-state index contributed by atoms with van der Waals surface area (Å²) in [7, 11) is 1.60. The molecule has 10 heteroatoms. The lowest BCUT2D eigenvalue weighted by atomic mass is 10.1. The first-order valence-electron chi connectivity index (χ1n) is 10.6. The molecular formula is C22H26N6O4. The highest BCUT2D eigenvalue weighted by atomic mass is 16.5. The molecule has 4 rings (SSSR count). The Kier molecular flexibility index (Phi) is 6.20. The minimum atomic E-state index is -0.388. The van der Waals surface area contributed by atoms with Crippen LogP contribution in [0.15, 0.2) is 35.1 Å². The van der Waals surface area contributed by atoms with Crippen molar-refractivity contribution in [1.82, 2.24) is 29.6 Å². The number of rotatable bonds is 8. The van der Waals surface area contributed by atoms with Crippen LogP contribution in [-0.4, -0.2) is 62.9 Å². The lowest BCUT2D eigenvalue weighted by Gasteiger charge is -2.15. The highest BCUT2D eigenvalue weighted by molar-refractivity contribution is 5.78. The summed E-state index contributed by atoms with van der Waals surface area (Å²) in [5.41, 5.74) is 1.44. The van der Waals surface area contributed by atoms with Crippen molar-refractivity contribution < 1.29 is 14.3 Å². The number of likely N-dealkylation sites (tertiary alicyclic amines) is 1. The molecule has 1 N–H and O–H groups in total. The van der Waals surface area contributed by atoms with Gasteiger partial charge in [0, 0.05) is 31.6 Å². The Hall–Kier alpha value is -3.69. The number of nitrogens with zero attached hydrogens (tertiary/aromatic N) is 5. The highest BCUT2D eigenvalue weighted by Gasteiger charge is 2.19. The van der Waals surface area contributed by atoms with Crippen molar-refractivity contribution in [2.45, 2.75) is 32.7 Å². The molecule has 1 fully saturated rings. The number of aromatic nitrogens is 4. The molecule has 3 heterocycles. The topological polar surface area (TPSA) is 111 Å². The molecule has 3 aromatic rings. The number of fused-ring (bicyclic) bond motifs is 1. The van der Waals surface area contributed by atoms with Gasteiger partial charge in [0.05, 0.1) is 12.8 Å². The maximum Gasteiger partial charge on any atom is 0.293 e. The minimum absolute atomic E-state index is 0.172. The number of amides is 2. The third-order valence-electron chi connectivity index (χ3n) is 5.51. The van der Waals surface area contributed by atoms with Gasteiger partial charge in [0.25, 0.3) is 5.56 Å². The molecule has 0 radical (unpaired) electrons. The van der Waals surface area contributed by atoms with Gasteiger partial charge >= 0.3 is 0 Å². The third-order valence-corrected chi connectivity index (χ3v) is 5.51. The van der Waals surface area contributed by atoms with Gasteiger partial charge in [-0.1, -0.05) is 0 Å². The third kappa shape index (κ3) is 4.48. The van der Waals surface area contributed by atoms with Crippen molar-refractivity contribution in [3.05, 3.63) is 46.5 Å². The number of methoxy groups -OCH3 is 1. The molecule has 0 atom stereocenters. The van der Waals surface area contributed by atoms with Gasteiger partial charge < -0.3 is 15.0 Å². The molecule has 2 aromatic heterocycles. The summed E-state index contributed by atoms with van der Waals surface area (Å²) in [6.07, 6.45) is 2.18. The Balaban J connectivity index is 1.43. The van der Waals surface area contributed by atoms with E-state index in [9.17, 15) is 14.4 Å². The van der Waals surface area contributed by atoms with Crippen LogP contribution in [0.2, 0.25) is 0 Å². The van der Waals surface area contributed by atoms with Crippen LogP contribution in [0, 0.1) is 6.92 Å². The standard InChI is InChI=1S/C22H26N6O4/c1-15-24-27(14-20(29)23-10-4-12-26-11-3-5-21(26)30)22(31)19-13-18(25-28(15)19)16-6-8-17(32-2)9-7-16/h6-9,13H,3-5,10-12,14H2,1-2H3,(H,23,29). The predicted molar refractivity (Wildman–Crippen MR) is 117 cm³/mol. The number of carbonyl (C=O) groups excluding carboxylic acids is 2. The number of benzene rings is 1. The van der Waals surface area contributed by atoms with Gasteiger partial charge in [-0.3, -0.25) is 14.4 Å². The van der Waals surface area contributed by atoms with E-state index in [1.54, 1.807) is 20.1 Å². The van der Waals surface area contributed by atoms with E-state index >= 15 is 0 Å². The Labute approximate surface area is 184 Å². The number of aryl methyl sites for hydroxylation is 1. The van der Waals surface area contributed by atoms with Crippen molar-refractivity contribution in [1.29, 1.82) is 0 Å². The zero-order valence-electron chi connectivity index (χ0n) is 18.2. The first-order valence-corrected chi connectivity index (χ1v) is 10.6. The first-order chi connectivity index (χ1) is 15.5. The second-order valence-corrected chi connectivity index (χ2v) is 7.75.